The van der Waals surface area contributed by atoms with Gasteiger partial charge >= 0.3 is 118 Å². The first-order chi connectivity index (χ1) is 28.3. The monoisotopic (exact) mass is 1000 g/mol. The topological polar surface area (TPSA) is 405 Å². The Bertz CT molecular complexity index is 3420. The van der Waals surface area contributed by atoms with E-state index in [1.54, 1.807) is 6.92 Å². The van der Waals surface area contributed by atoms with Gasteiger partial charge in [-0.05, 0) is 107 Å². The predicted molar refractivity (Wildman–Crippen MR) is 208 cm³/mol. The van der Waals surface area contributed by atoms with Crippen molar-refractivity contribution in [1.82, 2.24) is 0 Å². The Morgan fingerprint density at radius 3 is 1.28 bits per heavy atom. The van der Waals surface area contributed by atoms with E-state index in [1.165, 1.54) is 43.5 Å². The number of ether oxygens (including phenoxy) is 1. The summed E-state index contributed by atoms with van der Waals surface area (Å²) in [5.74, 6) is -2.27. The summed E-state index contributed by atoms with van der Waals surface area (Å²) in [6.45, 7) is 1.62. The van der Waals surface area contributed by atoms with Crippen LogP contribution in [0.15, 0.2) is 123 Å². The maximum absolute atomic E-state index is 13.4. The second-order valence-corrected chi connectivity index (χ2v) is 18.2. The summed E-state index contributed by atoms with van der Waals surface area (Å²) < 4.78 is 143. The minimum absolute atomic E-state index is 0. The number of rotatable bonds is 11. The summed E-state index contributed by atoms with van der Waals surface area (Å²) in [4.78, 5) is -3.83. The Kier molecular flexibility index (Phi) is 19.9. The van der Waals surface area contributed by atoms with Crippen LogP contribution in [0.2, 0.25) is 0 Å². The zero-order valence-corrected chi connectivity index (χ0v) is 45.9. The molecule has 0 heterocycles. The number of nitrogen functional groups attached to an aromatic ring is 2. The fraction of sp³-hybridized carbons (Fsp3) is 0.0588. The third-order valence-electron chi connectivity index (χ3n) is 8.55. The van der Waals surface area contributed by atoms with E-state index in [0.29, 0.717) is 35.9 Å². The van der Waals surface area contributed by atoms with Crippen molar-refractivity contribution in [2.75, 3.05) is 18.6 Å². The molecule has 318 valence electrons. The van der Waals surface area contributed by atoms with Crippen LogP contribution in [-0.2, 0) is 40.5 Å². The van der Waals surface area contributed by atoms with Crippen LogP contribution >= 0.6 is 0 Å². The Balaban J connectivity index is 0.00000363. The first-order valence-corrected chi connectivity index (χ1v) is 22.0. The van der Waals surface area contributed by atoms with Crippen molar-refractivity contribution in [3.63, 3.8) is 0 Å². The molecule has 0 radical (unpaired) electrons. The zero-order valence-electron chi connectivity index (χ0n) is 34.6. The van der Waals surface area contributed by atoms with Gasteiger partial charge in [0.2, 0.25) is 0 Å². The van der Waals surface area contributed by atoms with Gasteiger partial charge in [0.15, 0.2) is 0 Å². The molecule has 0 aliphatic rings. The van der Waals surface area contributed by atoms with Crippen molar-refractivity contribution in [3.8, 4) is 17.2 Å². The zero-order chi connectivity index (χ0) is 45.0. The van der Waals surface area contributed by atoms with Crippen LogP contribution < -0.4 is 145 Å². The molecule has 0 aliphatic carbocycles. The minimum Gasteiger partial charge on any atom is -0.870 e. The van der Waals surface area contributed by atoms with Gasteiger partial charge in [0.1, 0.15) is 41.5 Å². The fourth-order valence-corrected chi connectivity index (χ4v) is 8.13. The first kappa shape index (κ1) is 58.4. The SMILES string of the molecule is COc1cc(C)c(N=Nc2ccc(N=Nc3c(S(=O)(=O)O)cc4cc(S(=O)(=O)[O-])cc(N)c4c3[O-])cc2)cc1N=Nc1c(S(=O)(=O)O)cc2cc(S(=O)(=O)[O-])cc(N)c2c1[O-].[Na+].[Na+].[Na+].[Na+]. The molecule has 6 aromatic rings. The molecule has 31 heteroatoms. The molecule has 0 saturated carbocycles. The number of fused-ring (bicyclic) bond motifs is 2. The second kappa shape index (κ2) is 22.1. The Morgan fingerprint density at radius 1 is 0.538 bits per heavy atom. The van der Waals surface area contributed by atoms with Crippen LogP contribution in [0.25, 0.3) is 21.5 Å². The molecule has 0 spiro atoms. The maximum Gasteiger partial charge on any atom is 1.00 e. The largest absolute Gasteiger partial charge is 1.00 e. The van der Waals surface area contributed by atoms with E-state index in [0.717, 1.165) is 6.07 Å². The van der Waals surface area contributed by atoms with Gasteiger partial charge in [-0.3, -0.25) is 9.11 Å². The third-order valence-corrected chi connectivity index (χ3v) is 11.9. The van der Waals surface area contributed by atoms with Crippen molar-refractivity contribution < 1.29 is 185 Å². The van der Waals surface area contributed by atoms with Gasteiger partial charge in [0.05, 0.1) is 45.3 Å². The molecule has 65 heavy (non-hydrogen) atoms. The minimum atomic E-state index is -5.21. The summed E-state index contributed by atoms with van der Waals surface area (Å²) in [6.07, 6.45) is 0. The smallest absolute Gasteiger partial charge is 0.870 e. The number of hydrogen-bond acceptors (Lipinski definition) is 21. The molecule has 23 nitrogen and oxygen atoms in total. The number of nitrogens with zero attached hydrogens (tertiary/aromatic N) is 6. The fourth-order valence-electron chi connectivity index (χ4n) is 5.74. The van der Waals surface area contributed by atoms with E-state index in [4.69, 9.17) is 16.2 Å². The van der Waals surface area contributed by atoms with Crippen molar-refractivity contribution in [1.29, 1.82) is 0 Å². The van der Waals surface area contributed by atoms with Gasteiger partial charge in [0.25, 0.3) is 20.2 Å². The summed E-state index contributed by atoms with van der Waals surface area (Å²) >= 11 is 0. The molecule has 0 amide bonds. The van der Waals surface area contributed by atoms with E-state index in [1.807, 2.05) is 0 Å². The van der Waals surface area contributed by atoms with E-state index in [9.17, 15) is 62.1 Å². The van der Waals surface area contributed by atoms with Crippen LogP contribution in [0.1, 0.15) is 5.56 Å². The molecule has 0 bridgehead atoms. The average molecular weight is 1000 g/mol. The van der Waals surface area contributed by atoms with Gasteiger partial charge < -0.3 is 35.5 Å². The third kappa shape index (κ3) is 13.1. The molecule has 0 aliphatic heterocycles. The molecule has 0 saturated heterocycles. The molecule has 6 N–H and O–H groups in total. The Labute approximate surface area is 458 Å². The Morgan fingerprint density at radius 2 is 0.908 bits per heavy atom. The molecule has 0 atom stereocenters. The van der Waals surface area contributed by atoms with Crippen molar-refractivity contribution in [2.45, 2.75) is 26.5 Å². The quantitative estimate of drug-likeness (QED) is 0.0406. The summed E-state index contributed by atoms with van der Waals surface area (Å²) in [5.41, 5.74) is 9.66. The number of aryl methyl sites for hydroxylation is 1. The molecule has 0 unspecified atom stereocenters. The Hall–Kier alpha value is -2.72. The number of anilines is 2. The normalized spacial score (nSPS) is 12.2. The molecule has 6 rings (SSSR count). The molecular formula is C34H24N8Na4O15S4. The average Bonchev–Trinajstić information content (AvgIpc) is 3.15. The maximum atomic E-state index is 13.4. The van der Waals surface area contributed by atoms with Gasteiger partial charge in [-0.15, -0.1) is 15.3 Å². The van der Waals surface area contributed by atoms with Gasteiger partial charge in [-0.25, -0.2) is 16.8 Å². The van der Waals surface area contributed by atoms with Gasteiger partial charge in [-0.2, -0.15) is 32.2 Å². The summed E-state index contributed by atoms with van der Waals surface area (Å²) in [5, 5.41) is 48.7. The van der Waals surface area contributed by atoms with E-state index in [2.05, 4.69) is 30.7 Å². The predicted octanol–water partition coefficient (Wildman–Crippen LogP) is -6.81. The molecule has 0 fully saturated rings. The standard InChI is InChI=1S/C34H28N8O15S4.4Na/c1-15-7-26(57-2)25(40-42-32-28(61(54,55)56)11-17-9-21(59(48,49)50)13-23(36)30(17)34(32)44)14-24(15)39-37-18-3-5-19(6-4-18)38-41-31-27(60(51,52)53)10-16-8-20(58(45,46)47)12-22(35)29(16)33(31)43;;;;/h3-14,43-44H,35-36H2,1-2H3,(H,45,46,47)(H,48,49,50)(H,51,52,53)(H,54,55,56);;;;/q;4*+1/p-4. The molecule has 0 aromatic heterocycles. The van der Waals surface area contributed by atoms with E-state index < -0.39 is 110 Å². The van der Waals surface area contributed by atoms with Crippen molar-refractivity contribution >= 4 is 108 Å². The van der Waals surface area contributed by atoms with Crippen LogP contribution in [-0.4, -0.2) is 59.0 Å². The number of nitrogens with two attached hydrogens (primary N) is 2. The van der Waals surface area contributed by atoms with E-state index >= 15 is 0 Å². The van der Waals surface area contributed by atoms with Crippen LogP contribution in [0.4, 0.5) is 45.5 Å². The van der Waals surface area contributed by atoms with Crippen molar-refractivity contribution in [3.05, 3.63) is 78.4 Å². The number of benzene rings is 6. The van der Waals surface area contributed by atoms with Gasteiger partial charge in [0, 0.05) is 11.4 Å². The molecular weight excluding hydrogens is 981 g/mol. The van der Waals surface area contributed by atoms with Crippen LogP contribution in [0.3, 0.4) is 0 Å². The van der Waals surface area contributed by atoms with Crippen LogP contribution in [0, 0.1) is 6.92 Å². The van der Waals surface area contributed by atoms with Gasteiger partial charge in [-0.1, -0.05) is 11.5 Å². The first-order valence-electron chi connectivity index (χ1n) is 16.3. The second-order valence-electron chi connectivity index (χ2n) is 12.6. The number of hydrogen-bond donors (Lipinski definition) is 4. The summed E-state index contributed by atoms with van der Waals surface area (Å²) in [7, 11) is -19.2. The number of azo groups is 3. The van der Waals surface area contributed by atoms with E-state index in [-0.39, 0.29) is 152 Å². The molecule has 6 aromatic carbocycles. The summed E-state index contributed by atoms with van der Waals surface area (Å²) in [6, 6.07) is 12.5. The van der Waals surface area contributed by atoms with Crippen molar-refractivity contribution in [2.24, 2.45) is 30.7 Å². The van der Waals surface area contributed by atoms with Crippen LogP contribution in [0.5, 0.6) is 17.2 Å². The number of methoxy groups -OCH3 is 1.